The largest absolute Gasteiger partial charge is 0.369 e. The number of hydrogen-bond donors (Lipinski definition) is 2. The third-order valence-corrected chi connectivity index (χ3v) is 6.08. The number of amides is 2. The lowest BCUT2D eigenvalue weighted by molar-refractivity contribution is -0.117. The molecule has 144 valence electrons. The fourth-order valence-corrected chi connectivity index (χ4v) is 4.10. The van der Waals surface area contributed by atoms with Crippen LogP contribution in [0.5, 0.6) is 0 Å². The monoisotopic (exact) mass is 429 g/mol. The number of hydrogen-bond acceptors (Lipinski definition) is 4. The van der Waals surface area contributed by atoms with Crippen LogP contribution in [0.25, 0.3) is 0 Å². The highest BCUT2D eigenvalue weighted by molar-refractivity contribution is 7.89. The number of sulfonamides is 1. The molecule has 0 heterocycles. The minimum Gasteiger partial charge on any atom is -0.369 e. The van der Waals surface area contributed by atoms with Crippen LogP contribution in [0, 0.1) is 0 Å². The van der Waals surface area contributed by atoms with Crippen molar-refractivity contribution in [2.45, 2.75) is 11.3 Å². The average Bonchev–Trinajstić information content (AvgIpc) is 2.58. The molecule has 3 N–H and O–H groups in total. The minimum absolute atomic E-state index is 0.0108. The molecule has 0 unspecified atom stereocenters. The van der Waals surface area contributed by atoms with Gasteiger partial charge in [-0.1, -0.05) is 35.3 Å². The Morgan fingerprint density at radius 1 is 1.11 bits per heavy atom. The van der Waals surface area contributed by atoms with Crippen LogP contribution < -0.4 is 11.1 Å². The minimum atomic E-state index is -3.99. The Morgan fingerprint density at radius 2 is 1.74 bits per heavy atom. The second-order valence-electron chi connectivity index (χ2n) is 5.72. The first kappa shape index (κ1) is 21.2. The van der Waals surface area contributed by atoms with Gasteiger partial charge in [-0.25, -0.2) is 8.42 Å². The van der Waals surface area contributed by atoms with Gasteiger partial charge in [0.05, 0.1) is 18.0 Å². The van der Waals surface area contributed by atoms with Crippen LogP contribution in [0.3, 0.4) is 0 Å². The van der Waals surface area contributed by atoms with Crippen LogP contribution in [0.15, 0.2) is 47.4 Å². The van der Waals surface area contributed by atoms with E-state index in [0.717, 1.165) is 4.31 Å². The van der Waals surface area contributed by atoms with Gasteiger partial charge in [-0.05, 0) is 35.9 Å². The first-order valence-corrected chi connectivity index (χ1v) is 9.87. The Balaban J connectivity index is 2.06. The van der Waals surface area contributed by atoms with Crippen molar-refractivity contribution in [3.05, 3.63) is 58.1 Å². The SMILES string of the molecule is CN(CC(=O)Nc1ccc(CC(N)=O)cc1)S(=O)(=O)c1cc(Cl)ccc1Cl. The normalized spacial score (nSPS) is 11.4. The maximum absolute atomic E-state index is 12.6. The molecule has 0 aliphatic heterocycles. The first-order chi connectivity index (χ1) is 12.6. The number of nitrogens with two attached hydrogens (primary N) is 1. The summed E-state index contributed by atoms with van der Waals surface area (Å²) in [5, 5.41) is 2.81. The average molecular weight is 430 g/mol. The maximum Gasteiger partial charge on any atom is 0.244 e. The summed E-state index contributed by atoms with van der Waals surface area (Å²) in [5.41, 5.74) is 6.28. The van der Waals surface area contributed by atoms with Gasteiger partial charge >= 0.3 is 0 Å². The summed E-state index contributed by atoms with van der Waals surface area (Å²) in [6.07, 6.45) is 0.0929. The van der Waals surface area contributed by atoms with Gasteiger partial charge in [-0.3, -0.25) is 9.59 Å². The van der Waals surface area contributed by atoms with Crippen molar-refractivity contribution in [1.82, 2.24) is 4.31 Å². The highest BCUT2D eigenvalue weighted by atomic mass is 35.5. The zero-order valence-corrected chi connectivity index (χ0v) is 16.6. The fraction of sp³-hybridized carbons (Fsp3) is 0.176. The van der Waals surface area contributed by atoms with Crippen molar-refractivity contribution in [1.29, 1.82) is 0 Å². The number of likely N-dealkylation sites (N-methyl/N-ethyl adjacent to an activating group) is 1. The third kappa shape index (κ3) is 5.67. The lowest BCUT2D eigenvalue weighted by atomic mass is 10.1. The molecule has 27 heavy (non-hydrogen) atoms. The molecule has 2 amide bonds. The molecular formula is C17H17Cl2N3O4S. The summed E-state index contributed by atoms with van der Waals surface area (Å²) in [4.78, 5) is 22.9. The molecule has 0 saturated heterocycles. The van der Waals surface area contributed by atoms with E-state index in [1.807, 2.05) is 0 Å². The molecule has 0 aromatic heterocycles. The number of primary amides is 1. The van der Waals surface area contributed by atoms with E-state index in [0.29, 0.717) is 11.3 Å². The molecule has 2 aromatic carbocycles. The molecule has 0 atom stereocenters. The summed E-state index contributed by atoms with van der Waals surface area (Å²) < 4.78 is 26.1. The van der Waals surface area contributed by atoms with Gasteiger partial charge in [0.2, 0.25) is 21.8 Å². The molecule has 2 aromatic rings. The number of carbonyl (C=O) groups is 2. The first-order valence-electron chi connectivity index (χ1n) is 7.68. The summed E-state index contributed by atoms with van der Waals surface area (Å²) >= 11 is 11.8. The van der Waals surface area contributed by atoms with Crippen molar-refractivity contribution in [3.8, 4) is 0 Å². The van der Waals surface area contributed by atoms with E-state index in [2.05, 4.69) is 5.32 Å². The lowest BCUT2D eigenvalue weighted by Gasteiger charge is -2.18. The number of rotatable bonds is 7. The summed E-state index contributed by atoms with van der Waals surface area (Å²) in [5.74, 6) is -1.000. The van der Waals surface area contributed by atoms with Gasteiger partial charge in [0.25, 0.3) is 0 Å². The Labute approximate surface area is 167 Å². The van der Waals surface area contributed by atoms with Gasteiger partial charge in [0.1, 0.15) is 4.90 Å². The van der Waals surface area contributed by atoms with Gasteiger partial charge < -0.3 is 11.1 Å². The molecule has 0 saturated carbocycles. The summed E-state index contributed by atoms with van der Waals surface area (Å²) in [6, 6.07) is 10.6. The van der Waals surface area contributed by atoms with E-state index >= 15 is 0 Å². The van der Waals surface area contributed by atoms with Gasteiger partial charge in [0, 0.05) is 17.8 Å². The van der Waals surface area contributed by atoms with Crippen LogP contribution in [0.4, 0.5) is 5.69 Å². The number of nitrogens with one attached hydrogen (secondary N) is 1. The summed E-state index contributed by atoms with van der Waals surface area (Å²) in [6.45, 7) is -0.422. The molecule has 10 heteroatoms. The quantitative estimate of drug-likeness (QED) is 0.702. The predicted octanol–water partition coefficient (Wildman–Crippen LogP) is 2.28. The van der Waals surface area contributed by atoms with Crippen LogP contribution in [-0.2, 0) is 26.0 Å². The molecule has 0 aliphatic carbocycles. The van der Waals surface area contributed by atoms with Crippen LogP contribution >= 0.6 is 23.2 Å². The van der Waals surface area contributed by atoms with Gasteiger partial charge in [0.15, 0.2) is 0 Å². The Morgan fingerprint density at radius 3 is 2.33 bits per heavy atom. The summed E-state index contributed by atoms with van der Waals surface area (Å²) in [7, 11) is -2.73. The molecule has 7 nitrogen and oxygen atoms in total. The second kappa shape index (κ2) is 8.71. The van der Waals surface area contributed by atoms with Crippen molar-refractivity contribution in [2.75, 3.05) is 18.9 Å². The molecule has 0 bridgehead atoms. The van der Waals surface area contributed by atoms with Crippen molar-refractivity contribution >= 4 is 50.7 Å². The highest BCUT2D eigenvalue weighted by Crippen LogP contribution is 2.27. The number of benzene rings is 2. The van der Waals surface area contributed by atoms with Crippen molar-refractivity contribution < 1.29 is 18.0 Å². The highest BCUT2D eigenvalue weighted by Gasteiger charge is 2.25. The zero-order valence-electron chi connectivity index (χ0n) is 14.3. The number of nitrogens with zero attached hydrogens (tertiary/aromatic N) is 1. The molecule has 0 aliphatic rings. The van der Waals surface area contributed by atoms with E-state index in [9.17, 15) is 18.0 Å². The van der Waals surface area contributed by atoms with E-state index in [1.165, 1.54) is 25.2 Å². The Kier molecular flexibility index (Phi) is 6.83. The van der Waals surface area contributed by atoms with E-state index in [-0.39, 0.29) is 21.4 Å². The van der Waals surface area contributed by atoms with E-state index < -0.39 is 28.4 Å². The van der Waals surface area contributed by atoms with Crippen LogP contribution in [0.1, 0.15) is 5.56 Å². The number of anilines is 1. The number of halogens is 2. The predicted molar refractivity (Wildman–Crippen MR) is 104 cm³/mol. The zero-order chi connectivity index (χ0) is 20.2. The van der Waals surface area contributed by atoms with Crippen LogP contribution in [0.2, 0.25) is 10.0 Å². The van der Waals surface area contributed by atoms with E-state index in [1.54, 1.807) is 24.3 Å². The topological polar surface area (TPSA) is 110 Å². The fourth-order valence-electron chi connectivity index (χ4n) is 2.24. The lowest BCUT2D eigenvalue weighted by Crippen LogP contribution is -2.35. The van der Waals surface area contributed by atoms with E-state index in [4.69, 9.17) is 28.9 Å². The van der Waals surface area contributed by atoms with Crippen molar-refractivity contribution in [2.24, 2.45) is 5.73 Å². The Bertz CT molecular complexity index is 963. The van der Waals surface area contributed by atoms with Crippen LogP contribution in [-0.4, -0.2) is 38.1 Å². The molecule has 2 rings (SSSR count). The standard InChI is InChI=1S/C17H17Cl2N3O4S/c1-22(27(25,26)15-9-12(18)4-7-14(15)19)10-17(24)21-13-5-2-11(3-6-13)8-16(20)23/h2-7,9H,8,10H2,1H3,(H2,20,23)(H,21,24). The second-order valence-corrected chi connectivity index (χ2v) is 8.58. The molecule has 0 spiro atoms. The Hall–Kier alpha value is -2.13. The smallest absolute Gasteiger partial charge is 0.244 e. The van der Waals surface area contributed by atoms with Gasteiger partial charge in [-0.15, -0.1) is 0 Å². The molecular weight excluding hydrogens is 413 g/mol. The van der Waals surface area contributed by atoms with Crippen molar-refractivity contribution in [3.63, 3.8) is 0 Å². The molecule has 0 fully saturated rings. The van der Waals surface area contributed by atoms with Gasteiger partial charge in [-0.2, -0.15) is 4.31 Å². The molecule has 0 radical (unpaired) electrons. The number of carbonyl (C=O) groups excluding carboxylic acids is 2. The third-order valence-electron chi connectivity index (χ3n) is 3.56. The maximum atomic E-state index is 12.6.